The third kappa shape index (κ3) is 3.38. The molecule has 0 aromatic heterocycles. The van der Waals surface area contributed by atoms with Crippen molar-refractivity contribution in [3.63, 3.8) is 0 Å². The van der Waals surface area contributed by atoms with E-state index in [9.17, 15) is 9.90 Å². The fraction of sp³-hybridized carbons (Fsp3) is 0.562. The van der Waals surface area contributed by atoms with Gasteiger partial charge in [0, 0.05) is 18.7 Å². The predicted octanol–water partition coefficient (Wildman–Crippen LogP) is 1.92. The summed E-state index contributed by atoms with van der Waals surface area (Å²) in [5.74, 6) is 0.00613. The molecular weight excluding hydrogens is 254 g/mol. The minimum Gasteiger partial charge on any atom is -0.394 e. The Morgan fingerprint density at radius 3 is 2.50 bits per heavy atom. The lowest BCUT2D eigenvalue weighted by molar-refractivity contribution is -0.139. The third-order valence-electron chi connectivity index (χ3n) is 3.44. The molecule has 1 amide bonds. The average Bonchev–Trinajstić information content (AvgIpc) is 2.34. The number of aliphatic hydroxyl groups excluding tert-OH is 1. The summed E-state index contributed by atoms with van der Waals surface area (Å²) in [6.07, 6.45) is -0.311. The van der Waals surface area contributed by atoms with E-state index in [4.69, 9.17) is 4.74 Å². The molecule has 1 aliphatic rings. The number of hydrogen-bond donors (Lipinski definition) is 1. The standard InChI is InChI=1S/C16H23NO3/c1-11-5-12(2)7-13(6-11)15(19)17-8-14(9-18)20-16(3,4)10-17/h5-7,14,18H,8-10H2,1-4H3. The first-order valence-electron chi connectivity index (χ1n) is 6.97. The first-order valence-corrected chi connectivity index (χ1v) is 6.97. The lowest BCUT2D eigenvalue weighted by Gasteiger charge is -2.42. The molecule has 0 saturated carbocycles. The highest BCUT2D eigenvalue weighted by molar-refractivity contribution is 5.94. The number of morpholine rings is 1. The normalized spacial score (nSPS) is 21.9. The first-order chi connectivity index (χ1) is 9.30. The number of hydrogen-bond acceptors (Lipinski definition) is 3. The molecule has 0 aliphatic carbocycles. The van der Waals surface area contributed by atoms with Gasteiger partial charge in [0.1, 0.15) is 0 Å². The average molecular weight is 277 g/mol. The van der Waals surface area contributed by atoms with Gasteiger partial charge in [-0.3, -0.25) is 4.79 Å². The summed E-state index contributed by atoms with van der Waals surface area (Å²) in [5.41, 5.74) is 2.44. The van der Waals surface area contributed by atoms with Gasteiger partial charge in [-0.15, -0.1) is 0 Å². The van der Waals surface area contributed by atoms with Crippen LogP contribution in [0, 0.1) is 13.8 Å². The smallest absolute Gasteiger partial charge is 0.254 e. The Kier molecular flexibility index (Phi) is 4.16. The Morgan fingerprint density at radius 2 is 1.95 bits per heavy atom. The summed E-state index contributed by atoms with van der Waals surface area (Å²) >= 11 is 0. The zero-order valence-electron chi connectivity index (χ0n) is 12.6. The van der Waals surface area contributed by atoms with Crippen molar-refractivity contribution in [2.45, 2.75) is 39.4 Å². The number of benzene rings is 1. The Hall–Kier alpha value is -1.39. The highest BCUT2D eigenvalue weighted by Crippen LogP contribution is 2.23. The number of carbonyl (C=O) groups is 1. The summed E-state index contributed by atoms with van der Waals surface area (Å²) in [6.45, 7) is 8.77. The molecule has 1 N–H and O–H groups in total. The van der Waals surface area contributed by atoms with Gasteiger partial charge < -0.3 is 14.7 Å². The van der Waals surface area contributed by atoms with Crippen LogP contribution in [0.15, 0.2) is 18.2 Å². The van der Waals surface area contributed by atoms with E-state index >= 15 is 0 Å². The number of aryl methyl sites for hydroxylation is 2. The van der Waals surface area contributed by atoms with Crippen LogP contribution >= 0.6 is 0 Å². The molecule has 1 unspecified atom stereocenters. The lowest BCUT2D eigenvalue weighted by Crippen LogP contribution is -2.55. The number of ether oxygens (including phenoxy) is 1. The molecule has 1 saturated heterocycles. The molecule has 1 heterocycles. The topological polar surface area (TPSA) is 49.8 Å². The number of aliphatic hydroxyl groups is 1. The van der Waals surface area contributed by atoms with Crippen LogP contribution in [-0.2, 0) is 4.74 Å². The van der Waals surface area contributed by atoms with Gasteiger partial charge >= 0.3 is 0 Å². The van der Waals surface area contributed by atoms with Crippen LogP contribution in [-0.4, -0.2) is 47.3 Å². The monoisotopic (exact) mass is 277 g/mol. The number of amides is 1. The molecule has 110 valence electrons. The van der Waals surface area contributed by atoms with E-state index in [1.807, 2.05) is 39.8 Å². The second-order valence-electron chi connectivity index (χ2n) is 6.24. The van der Waals surface area contributed by atoms with Crippen LogP contribution < -0.4 is 0 Å². The van der Waals surface area contributed by atoms with E-state index in [0.717, 1.165) is 11.1 Å². The van der Waals surface area contributed by atoms with Gasteiger partial charge in [-0.2, -0.15) is 0 Å². The minimum absolute atomic E-state index is 0.00613. The third-order valence-corrected chi connectivity index (χ3v) is 3.44. The maximum atomic E-state index is 12.6. The van der Waals surface area contributed by atoms with Gasteiger partial charge in [0.05, 0.1) is 18.3 Å². The van der Waals surface area contributed by atoms with E-state index in [-0.39, 0.29) is 18.6 Å². The van der Waals surface area contributed by atoms with E-state index in [1.54, 1.807) is 4.90 Å². The lowest BCUT2D eigenvalue weighted by atomic mass is 10.0. The van der Waals surface area contributed by atoms with Crippen molar-refractivity contribution in [3.8, 4) is 0 Å². The fourth-order valence-electron chi connectivity index (χ4n) is 2.83. The van der Waals surface area contributed by atoms with E-state index in [2.05, 4.69) is 6.07 Å². The Balaban J connectivity index is 2.23. The summed E-state index contributed by atoms with van der Waals surface area (Å²) in [5, 5.41) is 9.32. The number of rotatable bonds is 2. The van der Waals surface area contributed by atoms with Gasteiger partial charge in [0.15, 0.2) is 0 Å². The molecular formula is C16H23NO3. The first kappa shape index (κ1) is 15.0. The second kappa shape index (κ2) is 5.54. The maximum Gasteiger partial charge on any atom is 0.254 e. The van der Waals surface area contributed by atoms with E-state index < -0.39 is 5.60 Å². The summed E-state index contributed by atoms with van der Waals surface area (Å²) in [4.78, 5) is 14.4. The predicted molar refractivity (Wildman–Crippen MR) is 77.9 cm³/mol. The molecule has 1 aromatic carbocycles. The van der Waals surface area contributed by atoms with Gasteiger partial charge in [-0.25, -0.2) is 0 Å². The Morgan fingerprint density at radius 1 is 1.35 bits per heavy atom. The quantitative estimate of drug-likeness (QED) is 0.898. The molecule has 0 bridgehead atoms. The Bertz CT molecular complexity index is 490. The molecule has 0 spiro atoms. The summed E-state index contributed by atoms with van der Waals surface area (Å²) in [7, 11) is 0. The zero-order valence-corrected chi connectivity index (χ0v) is 12.6. The fourth-order valence-corrected chi connectivity index (χ4v) is 2.83. The number of carbonyl (C=O) groups excluding carboxylic acids is 1. The van der Waals surface area contributed by atoms with Crippen molar-refractivity contribution in [1.82, 2.24) is 4.90 Å². The van der Waals surface area contributed by atoms with Crippen molar-refractivity contribution in [1.29, 1.82) is 0 Å². The molecule has 1 atom stereocenters. The van der Waals surface area contributed by atoms with Crippen molar-refractivity contribution in [3.05, 3.63) is 34.9 Å². The second-order valence-corrected chi connectivity index (χ2v) is 6.24. The highest BCUT2D eigenvalue weighted by Gasteiger charge is 2.35. The minimum atomic E-state index is -0.430. The van der Waals surface area contributed by atoms with E-state index in [1.165, 1.54) is 0 Å². The largest absolute Gasteiger partial charge is 0.394 e. The van der Waals surface area contributed by atoms with E-state index in [0.29, 0.717) is 18.7 Å². The van der Waals surface area contributed by atoms with Crippen molar-refractivity contribution >= 4 is 5.91 Å². The van der Waals surface area contributed by atoms with Crippen molar-refractivity contribution < 1.29 is 14.6 Å². The van der Waals surface area contributed by atoms with Crippen molar-refractivity contribution in [2.75, 3.05) is 19.7 Å². The van der Waals surface area contributed by atoms with Gasteiger partial charge in [0.25, 0.3) is 5.91 Å². The van der Waals surface area contributed by atoms with Crippen LogP contribution in [0.25, 0.3) is 0 Å². The van der Waals surface area contributed by atoms with Crippen molar-refractivity contribution in [2.24, 2.45) is 0 Å². The van der Waals surface area contributed by atoms with Crippen LogP contribution in [0.1, 0.15) is 35.3 Å². The van der Waals surface area contributed by atoms with Gasteiger partial charge in [0.2, 0.25) is 0 Å². The van der Waals surface area contributed by atoms with Crippen LogP contribution in [0.4, 0.5) is 0 Å². The maximum absolute atomic E-state index is 12.6. The van der Waals surface area contributed by atoms with Gasteiger partial charge in [-0.05, 0) is 39.8 Å². The summed E-state index contributed by atoms with van der Waals surface area (Å²) in [6, 6.07) is 5.87. The molecule has 20 heavy (non-hydrogen) atoms. The van der Waals surface area contributed by atoms with Crippen LogP contribution in [0.2, 0.25) is 0 Å². The molecule has 1 fully saturated rings. The number of nitrogens with zero attached hydrogens (tertiary/aromatic N) is 1. The van der Waals surface area contributed by atoms with Gasteiger partial charge in [-0.1, -0.05) is 17.2 Å². The summed E-state index contributed by atoms with van der Waals surface area (Å²) < 4.78 is 5.74. The molecule has 0 radical (unpaired) electrons. The SMILES string of the molecule is Cc1cc(C)cc(C(=O)N2CC(CO)OC(C)(C)C2)c1. The molecule has 2 rings (SSSR count). The molecule has 1 aliphatic heterocycles. The van der Waals surface area contributed by atoms with Crippen LogP contribution in [0.3, 0.4) is 0 Å². The zero-order chi connectivity index (χ0) is 14.9. The molecule has 1 aromatic rings. The molecule has 4 nitrogen and oxygen atoms in total. The Labute approximate surface area is 120 Å². The highest BCUT2D eigenvalue weighted by atomic mass is 16.5. The molecule has 4 heteroatoms. The van der Waals surface area contributed by atoms with Crippen LogP contribution in [0.5, 0.6) is 0 Å².